The molecule has 6 nitrogen and oxygen atoms in total. The number of aromatic amines is 1. The molecule has 1 aliphatic heterocycles. The molecule has 1 fully saturated rings. The number of nitrogens with two attached hydrogens (primary N) is 1. The zero-order chi connectivity index (χ0) is 16.5. The van der Waals surface area contributed by atoms with E-state index < -0.39 is 5.91 Å². The minimum Gasteiger partial charge on any atom is -0.369 e. The van der Waals surface area contributed by atoms with E-state index >= 15 is 0 Å². The molecular formula is C18H19N5O. The van der Waals surface area contributed by atoms with Gasteiger partial charge in [-0.25, -0.2) is 4.98 Å². The van der Waals surface area contributed by atoms with Crippen molar-refractivity contribution >= 4 is 22.6 Å². The van der Waals surface area contributed by atoms with E-state index in [0.29, 0.717) is 11.1 Å². The summed E-state index contributed by atoms with van der Waals surface area (Å²) < 4.78 is 0. The number of H-pyrrole nitrogens is 1. The quantitative estimate of drug-likeness (QED) is 0.686. The predicted octanol–water partition coefficient (Wildman–Crippen LogP) is 1.74. The highest BCUT2D eigenvalue weighted by molar-refractivity contribution is 6.04. The smallest absolute Gasteiger partial charge is 0.250 e. The number of imidazole rings is 1. The van der Waals surface area contributed by atoms with Gasteiger partial charge < -0.3 is 20.9 Å². The van der Waals surface area contributed by atoms with Gasteiger partial charge in [0.05, 0.1) is 11.1 Å². The molecule has 1 saturated heterocycles. The Kier molecular flexibility index (Phi) is 3.66. The summed E-state index contributed by atoms with van der Waals surface area (Å²) in [6.07, 6.45) is 0. The maximum atomic E-state index is 11.6. The molecule has 0 radical (unpaired) electrons. The summed E-state index contributed by atoms with van der Waals surface area (Å²) in [5, 5.41) is 3.36. The largest absolute Gasteiger partial charge is 0.369 e. The fraction of sp³-hybridized carbons (Fsp3) is 0.222. The first kappa shape index (κ1) is 14.7. The van der Waals surface area contributed by atoms with E-state index in [0.717, 1.165) is 43.1 Å². The lowest BCUT2D eigenvalue weighted by atomic mass is 10.1. The van der Waals surface area contributed by atoms with E-state index in [1.165, 1.54) is 5.69 Å². The van der Waals surface area contributed by atoms with Crippen LogP contribution in [0.25, 0.3) is 22.4 Å². The van der Waals surface area contributed by atoms with E-state index in [1.54, 1.807) is 6.07 Å². The molecule has 0 saturated carbocycles. The number of carbonyl (C=O) groups is 1. The van der Waals surface area contributed by atoms with E-state index in [4.69, 9.17) is 5.73 Å². The number of benzene rings is 2. The topological polar surface area (TPSA) is 87.0 Å². The Bertz CT molecular complexity index is 895. The molecule has 3 aromatic rings. The second-order valence-corrected chi connectivity index (χ2v) is 5.94. The molecular weight excluding hydrogens is 302 g/mol. The molecule has 0 spiro atoms. The van der Waals surface area contributed by atoms with Crippen molar-refractivity contribution < 1.29 is 4.79 Å². The number of hydrogen-bond acceptors (Lipinski definition) is 4. The van der Waals surface area contributed by atoms with Gasteiger partial charge in [-0.15, -0.1) is 0 Å². The van der Waals surface area contributed by atoms with Crippen LogP contribution in [0, 0.1) is 0 Å². The van der Waals surface area contributed by atoms with Crippen molar-refractivity contribution in [1.29, 1.82) is 0 Å². The highest BCUT2D eigenvalue weighted by atomic mass is 16.1. The van der Waals surface area contributed by atoms with Crippen LogP contribution in [0.4, 0.5) is 5.69 Å². The summed E-state index contributed by atoms with van der Waals surface area (Å²) >= 11 is 0. The Balaban J connectivity index is 1.74. The fourth-order valence-electron chi connectivity index (χ4n) is 3.14. The van der Waals surface area contributed by atoms with E-state index in [1.807, 2.05) is 24.3 Å². The van der Waals surface area contributed by atoms with Crippen molar-refractivity contribution in [3.8, 4) is 11.4 Å². The molecule has 1 amide bonds. The number of anilines is 1. The number of amides is 1. The van der Waals surface area contributed by atoms with Crippen LogP contribution in [0.1, 0.15) is 10.4 Å². The van der Waals surface area contributed by atoms with Gasteiger partial charge in [0.15, 0.2) is 0 Å². The molecule has 0 bridgehead atoms. The van der Waals surface area contributed by atoms with Crippen molar-refractivity contribution in [3.63, 3.8) is 0 Å². The Morgan fingerprint density at radius 2 is 1.92 bits per heavy atom. The zero-order valence-corrected chi connectivity index (χ0v) is 13.2. The highest BCUT2D eigenvalue weighted by Gasteiger charge is 2.14. The number of rotatable bonds is 3. The third-order valence-electron chi connectivity index (χ3n) is 4.38. The predicted molar refractivity (Wildman–Crippen MR) is 95.1 cm³/mol. The highest BCUT2D eigenvalue weighted by Crippen LogP contribution is 2.26. The van der Waals surface area contributed by atoms with Gasteiger partial charge in [0, 0.05) is 37.4 Å². The van der Waals surface area contributed by atoms with E-state index in [2.05, 4.69) is 32.3 Å². The van der Waals surface area contributed by atoms with Gasteiger partial charge in [0.1, 0.15) is 11.3 Å². The summed E-state index contributed by atoms with van der Waals surface area (Å²) in [5.41, 5.74) is 9.50. The number of hydrogen-bond donors (Lipinski definition) is 3. The number of nitrogens with one attached hydrogen (secondary N) is 2. The van der Waals surface area contributed by atoms with Gasteiger partial charge in [-0.2, -0.15) is 0 Å². The van der Waals surface area contributed by atoms with Crippen LogP contribution in [-0.2, 0) is 0 Å². The second-order valence-electron chi connectivity index (χ2n) is 5.94. The monoisotopic (exact) mass is 321 g/mol. The Labute approximate surface area is 139 Å². The number of para-hydroxylation sites is 1. The third-order valence-corrected chi connectivity index (χ3v) is 4.38. The van der Waals surface area contributed by atoms with Crippen molar-refractivity contribution in [1.82, 2.24) is 15.3 Å². The van der Waals surface area contributed by atoms with E-state index in [-0.39, 0.29) is 0 Å². The van der Waals surface area contributed by atoms with Crippen LogP contribution < -0.4 is 16.0 Å². The minimum atomic E-state index is -0.465. The number of carbonyl (C=O) groups excluding carboxylic acids is 1. The number of aromatic nitrogens is 2. The third kappa shape index (κ3) is 2.61. The Morgan fingerprint density at radius 1 is 1.12 bits per heavy atom. The number of nitrogens with zero attached hydrogens (tertiary/aromatic N) is 2. The first-order valence-electron chi connectivity index (χ1n) is 8.07. The molecule has 0 aliphatic carbocycles. The molecule has 2 aromatic carbocycles. The van der Waals surface area contributed by atoms with Crippen molar-refractivity contribution in [2.75, 3.05) is 31.1 Å². The first-order chi connectivity index (χ1) is 11.7. The van der Waals surface area contributed by atoms with E-state index in [9.17, 15) is 4.79 Å². The fourth-order valence-corrected chi connectivity index (χ4v) is 3.14. The number of primary amides is 1. The lowest BCUT2D eigenvalue weighted by molar-refractivity contribution is 0.100. The van der Waals surface area contributed by atoms with Gasteiger partial charge in [-0.1, -0.05) is 18.2 Å². The van der Waals surface area contributed by atoms with Gasteiger partial charge in [0.2, 0.25) is 0 Å². The van der Waals surface area contributed by atoms with Gasteiger partial charge >= 0.3 is 0 Å². The number of piperazine rings is 1. The summed E-state index contributed by atoms with van der Waals surface area (Å²) in [4.78, 5) is 21.8. The lowest BCUT2D eigenvalue weighted by Gasteiger charge is -2.29. The van der Waals surface area contributed by atoms with Crippen LogP contribution in [-0.4, -0.2) is 42.1 Å². The molecule has 1 aliphatic rings. The summed E-state index contributed by atoms with van der Waals surface area (Å²) in [6.45, 7) is 3.98. The standard InChI is InChI=1S/C18H19N5O/c19-17(24)14-5-2-6-15-16(14)22-18(21-15)12-3-1-4-13(11-12)23-9-7-20-8-10-23/h1-6,11,20H,7-10H2,(H2,19,24)(H,21,22). The Morgan fingerprint density at radius 3 is 2.71 bits per heavy atom. The van der Waals surface area contributed by atoms with Crippen LogP contribution in [0.2, 0.25) is 0 Å². The summed E-state index contributed by atoms with van der Waals surface area (Å²) in [6, 6.07) is 13.7. The SMILES string of the molecule is NC(=O)c1cccc2[nH]c(-c3cccc(N4CCNCC4)c3)nc12. The average Bonchev–Trinajstić information content (AvgIpc) is 3.06. The van der Waals surface area contributed by atoms with Crippen molar-refractivity contribution in [2.24, 2.45) is 5.73 Å². The minimum absolute atomic E-state index is 0.438. The molecule has 4 rings (SSSR count). The molecule has 6 heteroatoms. The maximum Gasteiger partial charge on any atom is 0.250 e. The lowest BCUT2D eigenvalue weighted by Crippen LogP contribution is -2.43. The molecule has 24 heavy (non-hydrogen) atoms. The first-order valence-corrected chi connectivity index (χ1v) is 8.07. The van der Waals surface area contributed by atoms with Crippen molar-refractivity contribution in [3.05, 3.63) is 48.0 Å². The second kappa shape index (κ2) is 5.98. The average molecular weight is 321 g/mol. The molecule has 2 heterocycles. The summed E-state index contributed by atoms with van der Waals surface area (Å²) in [7, 11) is 0. The molecule has 122 valence electrons. The van der Waals surface area contributed by atoms with Crippen molar-refractivity contribution in [2.45, 2.75) is 0 Å². The molecule has 4 N–H and O–H groups in total. The van der Waals surface area contributed by atoms with Gasteiger partial charge in [0.25, 0.3) is 5.91 Å². The van der Waals surface area contributed by atoms with Crippen LogP contribution >= 0.6 is 0 Å². The zero-order valence-electron chi connectivity index (χ0n) is 13.2. The Hall–Kier alpha value is -2.86. The van der Waals surface area contributed by atoms with Gasteiger partial charge in [-0.3, -0.25) is 4.79 Å². The molecule has 1 aromatic heterocycles. The number of fused-ring (bicyclic) bond motifs is 1. The van der Waals surface area contributed by atoms with Gasteiger partial charge in [-0.05, 0) is 24.3 Å². The normalized spacial score (nSPS) is 14.9. The van der Waals surface area contributed by atoms with Crippen LogP contribution in [0.5, 0.6) is 0 Å². The molecule has 0 atom stereocenters. The van der Waals surface area contributed by atoms with Crippen LogP contribution in [0.3, 0.4) is 0 Å². The molecule has 0 unspecified atom stereocenters. The maximum absolute atomic E-state index is 11.6. The van der Waals surface area contributed by atoms with Crippen LogP contribution in [0.15, 0.2) is 42.5 Å². The summed E-state index contributed by atoms with van der Waals surface area (Å²) in [5.74, 6) is 0.281.